The van der Waals surface area contributed by atoms with Gasteiger partial charge in [0.05, 0.1) is 6.54 Å². The topological polar surface area (TPSA) is 125 Å². The third-order valence-electron chi connectivity index (χ3n) is 5.33. The lowest BCUT2D eigenvalue weighted by Crippen LogP contribution is -2.47. The number of carbonyl (C=O) groups excluding carboxylic acids is 1. The van der Waals surface area contributed by atoms with Gasteiger partial charge in [0.2, 0.25) is 5.91 Å². The van der Waals surface area contributed by atoms with E-state index in [9.17, 15) is 4.79 Å². The van der Waals surface area contributed by atoms with Crippen molar-refractivity contribution >= 4 is 45.3 Å². The molecule has 30 heavy (non-hydrogen) atoms. The Morgan fingerprint density at radius 2 is 2.27 bits per heavy atom. The highest BCUT2D eigenvalue weighted by Crippen LogP contribution is 2.28. The van der Waals surface area contributed by atoms with Crippen molar-refractivity contribution in [1.29, 1.82) is 0 Å². The Bertz CT molecular complexity index is 1050. The third-order valence-corrected chi connectivity index (χ3v) is 6.21. The Labute approximate surface area is 188 Å². The lowest BCUT2D eigenvalue weighted by atomic mass is 10.1. The van der Waals surface area contributed by atoms with Gasteiger partial charge in [-0.2, -0.15) is 0 Å². The number of alkyl halides is 1. The van der Waals surface area contributed by atoms with Crippen molar-refractivity contribution in [2.75, 3.05) is 25.0 Å². The number of H-pyrrole nitrogens is 1. The van der Waals surface area contributed by atoms with Crippen LogP contribution in [0, 0.1) is 6.92 Å². The van der Waals surface area contributed by atoms with E-state index >= 15 is 0 Å². The van der Waals surface area contributed by atoms with Crippen LogP contribution in [-0.2, 0) is 9.22 Å². The first-order valence-corrected chi connectivity index (χ1v) is 11.4. The van der Waals surface area contributed by atoms with Crippen LogP contribution in [0.2, 0.25) is 0 Å². The molecule has 1 amide bonds. The number of anilines is 1. The van der Waals surface area contributed by atoms with E-state index in [4.69, 9.17) is 10.8 Å². The van der Waals surface area contributed by atoms with Crippen LogP contribution < -0.4 is 16.6 Å². The van der Waals surface area contributed by atoms with Crippen molar-refractivity contribution in [2.24, 2.45) is 5.84 Å². The number of rotatable bonds is 6. The molecule has 0 aliphatic carbocycles. The van der Waals surface area contributed by atoms with Gasteiger partial charge >= 0.3 is 0 Å². The number of hydrazine groups is 1. The van der Waals surface area contributed by atoms with Gasteiger partial charge < -0.3 is 10.3 Å². The molecule has 3 aromatic heterocycles. The number of hydrogen-bond donors (Lipinski definition) is 4. The lowest BCUT2D eigenvalue weighted by Gasteiger charge is -2.33. The molecular weight excluding hydrogens is 495 g/mol. The monoisotopic (exact) mass is 520 g/mol. The second kappa shape index (κ2) is 9.23. The molecule has 1 saturated heterocycles. The van der Waals surface area contributed by atoms with Crippen molar-refractivity contribution < 1.29 is 4.79 Å². The first-order chi connectivity index (χ1) is 14.6. The van der Waals surface area contributed by atoms with Gasteiger partial charge in [-0.05, 0) is 37.9 Å². The molecule has 0 bridgehead atoms. The summed E-state index contributed by atoms with van der Waals surface area (Å²) in [6, 6.07) is 2.35. The molecule has 1 aliphatic heterocycles. The summed E-state index contributed by atoms with van der Waals surface area (Å²) in [4.78, 5) is 30.8. The highest BCUT2D eigenvalue weighted by Gasteiger charge is 2.22. The fraction of sp³-hybridized carbons (Fsp3) is 0.400. The molecule has 0 spiro atoms. The van der Waals surface area contributed by atoms with Crippen LogP contribution in [-0.4, -0.2) is 56.4 Å². The Morgan fingerprint density at radius 1 is 1.40 bits per heavy atom. The van der Waals surface area contributed by atoms with Crippen LogP contribution in [0.25, 0.3) is 22.4 Å². The zero-order chi connectivity index (χ0) is 21.1. The molecule has 1 aliphatic rings. The van der Waals surface area contributed by atoms with Gasteiger partial charge in [-0.15, -0.1) is 0 Å². The van der Waals surface area contributed by atoms with Gasteiger partial charge in [0.25, 0.3) is 0 Å². The maximum atomic E-state index is 11.6. The molecule has 4 heterocycles. The molecule has 5 N–H and O–H groups in total. The van der Waals surface area contributed by atoms with E-state index in [1.54, 1.807) is 0 Å². The minimum atomic E-state index is -0.171. The number of fused-ring (bicyclic) bond motifs is 1. The van der Waals surface area contributed by atoms with Gasteiger partial charge in [-0.25, -0.2) is 20.8 Å². The van der Waals surface area contributed by atoms with E-state index < -0.39 is 0 Å². The maximum absolute atomic E-state index is 11.6. The largest absolute Gasteiger partial charge is 0.366 e. The van der Waals surface area contributed by atoms with E-state index in [1.807, 2.05) is 25.5 Å². The van der Waals surface area contributed by atoms with Gasteiger partial charge in [-0.1, -0.05) is 22.6 Å². The summed E-state index contributed by atoms with van der Waals surface area (Å²) in [6.07, 6.45) is 7.69. The molecule has 1 fully saturated rings. The fourth-order valence-electron chi connectivity index (χ4n) is 3.78. The number of nitrogens with one attached hydrogen (secondary N) is 3. The summed E-state index contributed by atoms with van der Waals surface area (Å²) >= 11 is 2.33. The predicted molar refractivity (Wildman–Crippen MR) is 125 cm³/mol. The molecule has 158 valence electrons. The first kappa shape index (κ1) is 20.9. The Balaban J connectivity index is 1.56. The smallest absolute Gasteiger partial charge is 0.248 e. The van der Waals surface area contributed by atoms with E-state index in [1.165, 1.54) is 5.56 Å². The SMILES string of the molecule is Cc1cnc(-c2c[nH]c3ncc(CI)cc23)nc1N[C@H]1CCCN(CC(=O)NN)C1. The molecule has 0 saturated carbocycles. The highest BCUT2D eigenvalue weighted by atomic mass is 127. The van der Waals surface area contributed by atoms with Crippen LogP contribution in [0.1, 0.15) is 24.0 Å². The Kier molecular flexibility index (Phi) is 6.44. The number of nitrogens with zero attached hydrogens (tertiary/aromatic N) is 4. The van der Waals surface area contributed by atoms with Crippen LogP contribution in [0.3, 0.4) is 0 Å². The maximum Gasteiger partial charge on any atom is 0.248 e. The normalized spacial score (nSPS) is 17.2. The van der Waals surface area contributed by atoms with Crippen molar-refractivity contribution in [3.63, 3.8) is 0 Å². The van der Waals surface area contributed by atoms with E-state index in [-0.39, 0.29) is 11.9 Å². The summed E-state index contributed by atoms with van der Waals surface area (Å²) in [5.74, 6) is 6.54. The number of aryl methyl sites for hydroxylation is 1. The molecule has 10 heteroatoms. The zero-order valence-electron chi connectivity index (χ0n) is 16.8. The van der Waals surface area contributed by atoms with Crippen molar-refractivity contribution in [1.82, 2.24) is 30.3 Å². The number of piperidine rings is 1. The molecule has 1 atom stereocenters. The number of aromatic amines is 1. The summed E-state index contributed by atoms with van der Waals surface area (Å²) in [5, 5.41) is 4.58. The summed E-state index contributed by atoms with van der Waals surface area (Å²) in [6.45, 7) is 3.97. The fourth-order valence-corrected chi connectivity index (χ4v) is 4.20. The lowest BCUT2D eigenvalue weighted by molar-refractivity contribution is -0.122. The third kappa shape index (κ3) is 4.55. The molecule has 9 nitrogen and oxygen atoms in total. The van der Waals surface area contributed by atoms with Gasteiger partial charge in [0, 0.05) is 52.1 Å². The molecule has 0 radical (unpaired) electrons. The zero-order valence-corrected chi connectivity index (χ0v) is 18.9. The Hall–Kier alpha value is -2.31. The molecule has 3 aromatic rings. The second-order valence-electron chi connectivity index (χ2n) is 7.59. The number of halogens is 1. The second-order valence-corrected chi connectivity index (χ2v) is 8.35. The van der Waals surface area contributed by atoms with Crippen LogP contribution >= 0.6 is 22.6 Å². The highest BCUT2D eigenvalue weighted by molar-refractivity contribution is 14.1. The minimum absolute atomic E-state index is 0.171. The van der Waals surface area contributed by atoms with Crippen molar-refractivity contribution in [3.05, 3.63) is 35.8 Å². The van der Waals surface area contributed by atoms with Crippen LogP contribution in [0.4, 0.5) is 5.82 Å². The minimum Gasteiger partial charge on any atom is -0.366 e. The molecule has 4 rings (SSSR count). The van der Waals surface area contributed by atoms with Gasteiger partial charge in [0.15, 0.2) is 5.82 Å². The van der Waals surface area contributed by atoms with E-state index in [0.717, 1.165) is 58.3 Å². The summed E-state index contributed by atoms with van der Waals surface area (Å²) in [5.41, 5.74) is 6.13. The first-order valence-electron chi connectivity index (χ1n) is 9.91. The standard InChI is InChI=1S/C20H25IN8O/c1-12-7-23-20(16-9-25-19-15(16)5-13(6-21)8-24-19)27-18(12)26-14-3-2-4-29(10-14)11-17(30)28-22/h5,7-9,14H,2-4,6,10-11,22H2,1H3,(H,24,25)(H,28,30)(H,23,26,27)/t14-/m0/s1. The summed E-state index contributed by atoms with van der Waals surface area (Å²) in [7, 11) is 0. The summed E-state index contributed by atoms with van der Waals surface area (Å²) < 4.78 is 0.896. The molecule has 0 aromatic carbocycles. The van der Waals surface area contributed by atoms with Gasteiger partial charge in [0.1, 0.15) is 11.5 Å². The number of carbonyl (C=O) groups is 1. The van der Waals surface area contributed by atoms with E-state index in [2.05, 4.69) is 59.3 Å². The number of nitrogens with two attached hydrogens (primary N) is 1. The van der Waals surface area contributed by atoms with Crippen molar-refractivity contribution in [2.45, 2.75) is 30.2 Å². The molecular formula is C20H25IN8O. The predicted octanol–water partition coefficient (Wildman–Crippen LogP) is 2.13. The average Bonchev–Trinajstić information content (AvgIpc) is 3.18. The van der Waals surface area contributed by atoms with Crippen molar-refractivity contribution in [3.8, 4) is 11.4 Å². The average molecular weight is 520 g/mol. The quantitative estimate of drug-likeness (QED) is 0.129. The van der Waals surface area contributed by atoms with Crippen LogP contribution in [0.15, 0.2) is 24.7 Å². The number of pyridine rings is 1. The number of likely N-dealkylation sites (tertiary alicyclic amines) is 1. The van der Waals surface area contributed by atoms with Gasteiger partial charge in [-0.3, -0.25) is 15.1 Å². The molecule has 0 unspecified atom stereocenters. The Morgan fingerprint density at radius 3 is 3.07 bits per heavy atom. The number of amides is 1. The van der Waals surface area contributed by atoms with E-state index in [0.29, 0.717) is 12.4 Å². The van der Waals surface area contributed by atoms with Crippen LogP contribution in [0.5, 0.6) is 0 Å². The number of hydrogen-bond acceptors (Lipinski definition) is 7. The number of aromatic nitrogens is 4.